The number of nitrogens with one attached hydrogen (secondary N) is 1. The van der Waals surface area contributed by atoms with E-state index in [4.69, 9.17) is 0 Å². The van der Waals surface area contributed by atoms with E-state index in [1.807, 2.05) is 6.07 Å². The van der Waals surface area contributed by atoms with E-state index in [1.54, 1.807) is 18.2 Å². The number of para-hydroxylation sites is 1. The maximum Gasteiger partial charge on any atom is 0.243 e. The highest BCUT2D eigenvalue weighted by Crippen LogP contribution is 2.53. The number of carbonyl (C=O) groups is 1. The maximum absolute atomic E-state index is 12.2. The van der Waals surface area contributed by atoms with Gasteiger partial charge in [-0.1, -0.05) is 37.8 Å². The Morgan fingerprint density at radius 2 is 1.81 bits per heavy atom. The molecule has 0 heterocycles. The van der Waals surface area contributed by atoms with E-state index in [1.165, 1.54) is 44.7 Å². The van der Waals surface area contributed by atoms with Crippen LogP contribution in [-0.2, 0) is 4.79 Å². The van der Waals surface area contributed by atoms with Gasteiger partial charge in [0.15, 0.2) is 0 Å². The Kier molecular flexibility index (Phi) is 4.23. The number of phenolic OH excluding ortho intramolecular Hbond substituents is 1. The molecule has 112 valence electrons. The average molecular weight is 286 g/mol. The van der Waals surface area contributed by atoms with E-state index >= 15 is 0 Å². The zero-order valence-electron chi connectivity index (χ0n) is 12.2. The number of carbonyl (C=O) groups excluding carboxylic acids is 1. The van der Waals surface area contributed by atoms with Crippen molar-refractivity contribution in [1.82, 2.24) is 5.43 Å². The van der Waals surface area contributed by atoms with Crippen molar-refractivity contribution in [2.24, 2.45) is 22.9 Å². The van der Waals surface area contributed by atoms with Gasteiger partial charge in [-0.3, -0.25) is 4.79 Å². The zero-order valence-corrected chi connectivity index (χ0v) is 12.2. The second-order valence-electron chi connectivity index (χ2n) is 6.14. The molecule has 2 fully saturated rings. The average Bonchev–Trinajstić information content (AvgIpc) is 3.12. The normalized spacial score (nSPS) is 28.5. The van der Waals surface area contributed by atoms with Gasteiger partial charge in [0.05, 0.1) is 6.21 Å². The molecule has 1 amide bonds. The number of amides is 1. The lowest BCUT2D eigenvalue weighted by molar-refractivity contribution is -0.122. The number of nitrogens with zero attached hydrogens (tertiary/aromatic N) is 1. The Morgan fingerprint density at radius 3 is 2.48 bits per heavy atom. The number of fused-ring (bicyclic) bond motifs is 1. The van der Waals surface area contributed by atoms with Crippen LogP contribution in [0.2, 0.25) is 0 Å². The summed E-state index contributed by atoms with van der Waals surface area (Å²) in [6.45, 7) is 0. The van der Waals surface area contributed by atoms with Crippen LogP contribution in [0.1, 0.15) is 44.1 Å². The van der Waals surface area contributed by atoms with Crippen molar-refractivity contribution < 1.29 is 9.90 Å². The predicted molar refractivity (Wildman–Crippen MR) is 82.0 cm³/mol. The summed E-state index contributed by atoms with van der Waals surface area (Å²) in [6.07, 6.45) is 9.00. The van der Waals surface area contributed by atoms with Crippen molar-refractivity contribution >= 4 is 12.1 Å². The van der Waals surface area contributed by atoms with Gasteiger partial charge in [0.1, 0.15) is 5.75 Å². The van der Waals surface area contributed by atoms with Gasteiger partial charge in [-0.05, 0) is 36.8 Å². The molecule has 2 aliphatic carbocycles. The predicted octanol–water partition coefficient (Wildman–Crippen LogP) is 3.06. The van der Waals surface area contributed by atoms with Crippen LogP contribution in [0.25, 0.3) is 0 Å². The number of rotatable bonds is 3. The third-order valence-corrected chi connectivity index (χ3v) is 4.77. The largest absolute Gasteiger partial charge is 0.507 e. The number of hydrazone groups is 1. The van der Waals surface area contributed by atoms with Gasteiger partial charge in [0.2, 0.25) is 5.91 Å². The number of aromatic hydroxyl groups is 1. The number of hydrogen-bond acceptors (Lipinski definition) is 3. The molecular weight excluding hydrogens is 264 g/mol. The molecule has 2 N–H and O–H groups in total. The molecule has 4 nitrogen and oxygen atoms in total. The van der Waals surface area contributed by atoms with Gasteiger partial charge in [-0.2, -0.15) is 5.10 Å². The van der Waals surface area contributed by atoms with E-state index in [9.17, 15) is 9.90 Å². The highest BCUT2D eigenvalue weighted by atomic mass is 16.3. The van der Waals surface area contributed by atoms with E-state index in [2.05, 4.69) is 10.5 Å². The zero-order chi connectivity index (χ0) is 14.7. The molecule has 2 atom stereocenters. The smallest absolute Gasteiger partial charge is 0.243 e. The van der Waals surface area contributed by atoms with Gasteiger partial charge in [0, 0.05) is 11.5 Å². The van der Waals surface area contributed by atoms with Crippen molar-refractivity contribution in [2.45, 2.75) is 38.5 Å². The van der Waals surface area contributed by atoms with E-state index in [0.717, 1.165) is 0 Å². The van der Waals surface area contributed by atoms with Gasteiger partial charge in [-0.25, -0.2) is 5.43 Å². The van der Waals surface area contributed by atoms with Crippen molar-refractivity contribution in [3.63, 3.8) is 0 Å². The van der Waals surface area contributed by atoms with Crippen LogP contribution in [0.3, 0.4) is 0 Å². The van der Waals surface area contributed by atoms with Gasteiger partial charge >= 0.3 is 0 Å². The Balaban J connectivity index is 1.54. The lowest BCUT2D eigenvalue weighted by atomic mass is 10.0. The molecule has 2 aliphatic rings. The Bertz CT molecular complexity index is 527. The second-order valence-corrected chi connectivity index (χ2v) is 6.14. The lowest BCUT2D eigenvalue weighted by Gasteiger charge is -2.04. The van der Waals surface area contributed by atoms with E-state index in [0.29, 0.717) is 17.4 Å². The molecular formula is C17H22N2O2. The summed E-state index contributed by atoms with van der Waals surface area (Å²) >= 11 is 0. The minimum absolute atomic E-state index is 0.0403. The van der Waals surface area contributed by atoms with Crippen LogP contribution in [0, 0.1) is 17.8 Å². The molecule has 3 rings (SSSR count). The van der Waals surface area contributed by atoms with Crippen molar-refractivity contribution in [2.75, 3.05) is 0 Å². The molecule has 1 aromatic rings. The van der Waals surface area contributed by atoms with Crippen LogP contribution in [0.15, 0.2) is 29.4 Å². The van der Waals surface area contributed by atoms with Gasteiger partial charge < -0.3 is 5.11 Å². The van der Waals surface area contributed by atoms with Crippen molar-refractivity contribution in [3.05, 3.63) is 29.8 Å². The third kappa shape index (κ3) is 3.26. The highest BCUT2D eigenvalue weighted by molar-refractivity contribution is 5.86. The molecule has 4 heteroatoms. The Labute approximate surface area is 125 Å². The van der Waals surface area contributed by atoms with Crippen LogP contribution >= 0.6 is 0 Å². The van der Waals surface area contributed by atoms with E-state index in [-0.39, 0.29) is 17.6 Å². The maximum atomic E-state index is 12.2. The quantitative estimate of drug-likeness (QED) is 0.662. The summed E-state index contributed by atoms with van der Waals surface area (Å²) in [4.78, 5) is 12.2. The topological polar surface area (TPSA) is 61.7 Å². The molecule has 2 saturated carbocycles. The summed E-state index contributed by atoms with van der Waals surface area (Å²) in [5, 5.41) is 13.6. The summed E-state index contributed by atoms with van der Waals surface area (Å²) < 4.78 is 0. The minimum atomic E-state index is 0.0403. The molecule has 0 saturated heterocycles. The summed E-state index contributed by atoms with van der Waals surface area (Å²) in [7, 11) is 0. The fourth-order valence-corrected chi connectivity index (χ4v) is 3.57. The summed E-state index contributed by atoms with van der Waals surface area (Å²) in [5.74, 6) is 1.52. The molecule has 21 heavy (non-hydrogen) atoms. The van der Waals surface area contributed by atoms with Crippen LogP contribution in [-0.4, -0.2) is 17.2 Å². The first-order chi connectivity index (χ1) is 10.3. The van der Waals surface area contributed by atoms with Crippen LogP contribution in [0.4, 0.5) is 0 Å². The highest BCUT2D eigenvalue weighted by Gasteiger charge is 2.53. The van der Waals surface area contributed by atoms with Crippen molar-refractivity contribution in [3.8, 4) is 5.75 Å². The Morgan fingerprint density at radius 1 is 1.14 bits per heavy atom. The minimum Gasteiger partial charge on any atom is -0.507 e. The van der Waals surface area contributed by atoms with Gasteiger partial charge in [0.25, 0.3) is 0 Å². The molecule has 0 unspecified atom stereocenters. The van der Waals surface area contributed by atoms with E-state index < -0.39 is 0 Å². The molecule has 0 aliphatic heterocycles. The van der Waals surface area contributed by atoms with Gasteiger partial charge in [-0.15, -0.1) is 0 Å². The first-order valence-electron chi connectivity index (χ1n) is 7.88. The van der Waals surface area contributed by atoms with Crippen LogP contribution < -0.4 is 5.43 Å². The second kappa shape index (κ2) is 6.29. The first kappa shape index (κ1) is 14.1. The number of benzene rings is 1. The fourth-order valence-electron chi connectivity index (χ4n) is 3.57. The summed E-state index contributed by atoms with van der Waals surface area (Å²) in [5.41, 5.74) is 3.25. The standard InChI is InChI=1S/C17H22N2O2/c20-15-10-6-5-7-12(15)11-18-19-17(21)16-13-8-3-1-2-4-9-14(13)16/h5-7,10-11,13-14,16,20H,1-4,8-9H2,(H,19,21)/t13-,14-/m1/s1. The monoisotopic (exact) mass is 286 g/mol. The molecule has 0 spiro atoms. The number of phenols is 1. The Hall–Kier alpha value is -1.84. The molecule has 0 radical (unpaired) electrons. The molecule has 1 aromatic carbocycles. The lowest BCUT2D eigenvalue weighted by Crippen LogP contribution is -2.21. The number of hydrogen-bond donors (Lipinski definition) is 2. The first-order valence-corrected chi connectivity index (χ1v) is 7.88. The van der Waals surface area contributed by atoms with Crippen molar-refractivity contribution in [1.29, 1.82) is 0 Å². The SMILES string of the molecule is O=C(NN=Cc1ccccc1O)C1[C@@H]2CCCCCC[C@@H]12. The third-order valence-electron chi connectivity index (χ3n) is 4.77. The summed E-state index contributed by atoms with van der Waals surface area (Å²) in [6, 6.07) is 6.94. The molecule has 0 aromatic heterocycles. The molecule has 0 bridgehead atoms. The van der Waals surface area contributed by atoms with Crippen LogP contribution in [0.5, 0.6) is 5.75 Å². The fraction of sp³-hybridized carbons (Fsp3) is 0.529.